The van der Waals surface area contributed by atoms with Gasteiger partial charge in [-0.05, 0) is 61.8 Å². The maximum absolute atomic E-state index is 12.4. The van der Waals surface area contributed by atoms with Crippen molar-refractivity contribution in [1.29, 1.82) is 0 Å². The maximum atomic E-state index is 12.4. The summed E-state index contributed by atoms with van der Waals surface area (Å²) in [5, 5.41) is 12.3. The number of hydrogen-bond acceptors (Lipinski definition) is 3. The third-order valence-corrected chi connectivity index (χ3v) is 5.30. The molecule has 1 aromatic rings. The van der Waals surface area contributed by atoms with E-state index in [9.17, 15) is 14.7 Å². The number of carbonyl (C=O) groups is 2. The van der Waals surface area contributed by atoms with Crippen molar-refractivity contribution in [2.24, 2.45) is 0 Å². The highest BCUT2D eigenvalue weighted by molar-refractivity contribution is 7.99. The van der Waals surface area contributed by atoms with Gasteiger partial charge in [0, 0.05) is 0 Å². The molecule has 1 fully saturated rings. The van der Waals surface area contributed by atoms with E-state index in [0.717, 1.165) is 28.2 Å². The summed E-state index contributed by atoms with van der Waals surface area (Å²) < 4.78 is 0. The lowest BCUT2D eigenvalue weighted by Gasteiger charge is -2.33. The van der Waals surface area contributed by atoms with Gasteiger partial charge in [-0.25, -0.2) is 4.79 Å². The fraction of sp³-hybridized carbons (Fsp3) is 0.529. The average molecular weight is 321 g/mol. The molecule has 1 amide bonds. The van der Waals surface area contributed by atoms with Gasteiger partial charge in [-0.1, -0.05) is 17.7 Å². The number of hydrogen-bond donors (Lipinski definition) is 2. The van der Waals surface area contributed by atoms with E-state index in [1.54, 1.807) is 11.8 Å². The summed E-state index contributed by atoms with van der Waals surface area (Å²) >= 11 is 1.74. The molecule has 1 aliphatic rings. The SMILES string of the molecule is Cc1cc(C)c(CC(=O)NC2(C(=O)O)CCSCC2)c(C)c1. The van der Waals surface area contributed by atoms with Gasteiger partial charge in [0.15, 0.2) is 0 Å². The zero-order valence-corrected chi connectivity index (χ0v) is 14.2. The van der Waals surface area contributed by atoms with Crippen LogP contribution in [0.25, 0.3) is 0 Å². The summed E-state index contributed by atoms with van der Waals surface area (Å²) in [5.41, 5.74) is 3.24. The molecule has 0 bridgehead atoms. The van der Waals surface area contributed by atoms with Gasteiger partial charge in [0.05, 0.1) is 6.42 Å². The molecule has 0 spiro atoms. The number of aliphatic carboxylic acids is 1. The minimum atomic E-state index is -1.09. The first-order valence-corrected chi connectivity index (χ1v) is 8.68. The highest BCUT2D eigenvalue weighted by atomic mass is 32.2. The van der Waals surface area contributed by atoms with Crippen molar-refractivity contribution < 1.29 is 14.7 Å². The van der Waals surface area contributed by atoms with E-state index in [1.165, 1.54) is 5.56 Å². The number of carboxylic acids is 1. The Morgan fingerprint density at radius 1 is 1.18 bits per heavy atom. The van der Waals surface area contributed by atoms with Gasteiger partial charge in [0.1, 0.15) is 5.54 Å². The Labute approximate surface area is 135 Å². The number of aryl methyl sites for hydroxylation is 3. The van der Waals surface area contributed by atoms with Crippen LogP contribution in [0.4, 0.5) is 0 Å². The average Bonchev–Trinajstić information content (AvgIpc) is 2.43. The Kier molecular flexibility index (Phi) is 5.16. The van der Waals surface area contributed by atoms with Crippen LogP contribution in [-0.4, -0.2) is 34.0 Å². The Morgan fingerprint density at radius 2 is 1.73 bits per heavy atom. The van der Waals surface area contributed by atoms with Crippen LogP contribution in [0, 0.1) is 20.8 Å². The lowest BCUT2D eigenvalue weighted by molar-refractivity contribution is -0.148. The molecule has 1 heterocycles. The zero-order chi connectivity index (χ0) is 16.3. The van der Waals surface area contributed by atoms with Crippen molar-refractivity contribution in [3.63, 3.8) is 0 Å². The van der Waals surface area contributed by atoms with E-state index in [-0.39, 0.29) is 12.3 Å². The Bertz CT molecular complexity index is 569. The van der Waals surface area contributed by atoms with Crippen LogP contribution < -0.4 is 5.32 Å². The van der Waals surface area contributed by atoms with E-state index in [1.807, 2.05) is 20.8 Å². The molecule has 1 aliphatic heterocycles. The van der Waals surface area contributed by atoms with E-state index in [2.05, 4.69) is 17.4 Å². The summed E-state index contributed by atoms with van der Waals surface area (Å²) in [6, 6.07) is 4.11. The monoisotopic (exact) mass is 321 g/mol. The molecule has 2 N–H and O–H groups in total. The lowest BCUT2D eigenvalue weighted by atomic mass is 9.91. The van der Waals surface area contributed by atoms with Crippen molar-refractivity contribution in [3.05, 3.63) is 34.4 Å². The fourth-order valence-electron chi connectivity index (χ4n) is 3.07. The fourth-order valence-corrected chi connectivity index (χ4v) is 4.26. The number of rotatable bonds is 4. The van der Waals surface area contributed by atoms with E-state index >= 15 is 0 Å². The van der Waals surface area contributed by atoms with Gasteiger partial charge >= 0.3 is 5.97 Å². The summed E-state index contributed by atoms with van der Waals surface area (Å²) in [5.74, 6) is 0.424. The van der Waals surface area contributed by atoms with Crippen molar-refractivity contribution >= 4 is 23.6 Å². The summed E-state index contributed by atoms with van der Waals surface area (Å²) in [6.45, 7) is 6.02. The first kappa shape index (κ1) is 16.9. The largest absolute Gasteiger partial charge is 0.480 e. The molecule has 4 nitrogen and oxygen atoms in total. The normalized spacial score (nSPS) is 17.0. The molecule has 0 aliphatic carbocycles. The highest BCUT2D eigenvalue weighted by Crippen LogP contribution is 2.28. The number of thioether (sulfide) groups is 1. The number of carbonyl (C=O) groups excluding carboxylic acids is 1. The first-order valence-electron chi connectivity index (χ1n) is 7.53. The number of carboxylic acid groups (broad SMARTS) is 1. The smallest absolute Gasteiger partial charge is 0.329 e. The predicted molar refractivity (Wildman–Crippen MR) is 89.4 cm³/mol. The molecule has 0 atom stereocenters. The predicted octanol–water partition coefficient (Wildman–Crippen LogP) is 2.62. The summed E-state index contributed by atoms with van der Waals surface area (Å²) in [6.07, 6.45) is 1.22. The first-order chi connectivity index (χ1) is 10.3. The van der Waals surface area contributed by atoms with Crippen LogP contribution in [0.3, 0.4) is 0 Å². The molecule has 120 valence electrons. The van der Waals surface area contributed by atoms with Gasteiger partial charge in [0.2, 0.25) is 5.91 Å². The third kappa shape index (κ3) is 3.64. The molecular formula is C17H23NO3S. The lowest BCUT2D eigenvalue weighted by Crippen LogP contribution is -2.56. The molecule has 0 radical (unpaired) electrons. The number of amides is 1. The van der Waals surface area contributed by atoms with Gasteiger partial charge < -0.3 is 10.4 Å². The van der Waals surface area contributed by atoms with Crippen molar-refractivity contribution in [2.75, 3.05) is 11.5 Å². The highest BCUT2D eigenvalue weighted by Gasteiger charge is 2.41. The molecule has 1 saturated heterocycles. The molecule has 0 unspecified atom stereocenters. The van der Waals surface area contributed by atoms with Gasteiger partial charge in [-0.2, -0.15) is 11.8 Å². The topological polar surface area (TPSA) is 66.4 Å². The van der Waals surface area contributed by atoms with E-state index < -0.39 is 11.5 Å². The minimum Gasteiger partial charge on any atom is -0.480 e. The summed E-state index contributed by atoms with van der Waals surface area (Å²) in [7, 11) is 0. The van der Waals surface area contributed by atoms with Crippen LogP contribution in [-0.2, 0) is 16.0 Å². The van der Waals surface area contributed by atoms with E-state index in [4.69, 9.17) is 0 Å². The van der Waals surface area contributed by atoms with E-state index in [0.29, 0.717) is 12.8 Å². The van der Waals surface area contributed by atoms with Crippen LogP contribution >= 0.6 is 11.8 Å². The molecule has 2 rings (SSSR count). The van der Waals surface area contributed by atoms with Crippen LogP contribution in [0.2, 0.25) is 0 Å². The van der Waals surface area contributed by atoms with Crippen molar-refractivity contribution in [1.82, 2.24) is 5.32 Å². The van der Waals surface area contributed by atoms with Gasteiger partial charge in [-0.3, -0.25) is 4.79 Å². The molecular weight excluding hydrogens is 298 g/mol. The van der Waals surface area contributed by atoms with Crippen LogP contribution in [0.15, 0.2) is 12.1 Å². The van der Waals surface area contributed by atoms with Crippen molar-refractivity contribution in [2.45, 2.75) is 45.6 Å². The molecule has 1 aromatic carbocycles. The quantitative estimate of drug-likeness (QED) is 0.894. The second-order valence-corrected chi connectivity index (χ2v) is 7.33. The molecule has 5 heteroatoms. The minimum absolute atomic E-state index is 0.204. The van der Waals surface area contributed by atoms with Gasteiger partial charge in [-0.15, -0.1) is 0 Å². The van der Waals surface area contributed by atoms with Crippen LogP contribution in [0.1, 0.15) is 35.1 Å². The maximum Gasteiger partial charge on any atom is 0.329 e. The molecule has 0 saturated carbocycles. The van der Waals surface area contributed by atoms with Crippen molar-refractivity contribution in [3.8, 4) is 0 Å². The Balaban J connectivity index is 2.14. The summed E-state index contributed by atoms with van der Waals surface area (Å²) in [4.78, 5) is 24.0. The standard InChI is InChI=1S/C17H23NO3S/c1-11-8-12(2)14(13(3)9-11)10-15(19)18-17(16(20)21)4-6-22-7-5-17/h8-9H,4-7,10H2,1-3H3,(H,18,19)(H,20,21). The Hall–Kier alpha value is -1.49. The Morgan fingerprint density at radius 3 is 2.23 bits per heavy atom. The second kappa shape index (κ2) is 6.73. The zero-order valence-electron chi connectivity index (χ0n) is 13.4. The van der Waals surface area contributed by atoms with Gasteiger partial charge in [0.25, 0.3) is 0 Å². The number of benzene rings is 1. The second-order valence-electron chi connectivity index (χ2n) is 6.10. The van der Waals surface area contributed by atoms with Crippen LogP contribution in [0.5, 0.6) is 0 Å². The third-order valence-electron chi connectivity index (χ3n) is 4.31. The number of nitrogens with one attached hydrogen (secondary N) is 1. The molecule has 22 heavy (non-hydrogen) atoms. The molecule has 0 aromatic heterocycles.